The average molecular weight is 403 g/mol. The predicted octanol–water partition coefficient (Wildman–Crippen LogP) is 3.48. The lowest BCUT2D eigenvalue weighted by atomic mass is 9.84. The molecule has 6 nitrogen and oxygen atoms in total. The van der Waals surface area contributed by atoms with Gasteiger partial charge in [-0.2, -0.15) is 0 Å². The first-order valence-corrected chi connectivity index (χ1v) is 10.8. The number of piperazine rings is 1. The molecule has 0 unspecified atom stereocenters. The lowest BCUT2D eigenvalue weighted by Gasteiger charge is -2.36. The van der Waals surface area contributed by atoms with Gasteiger partial charge in [-0.05, 0) is 63.1 Å². The maximum Gasteiger partial charge on any atom is 0.217 e. The molecular formula is C22H31FN4O2. The number of aromatic nitrogens is 1. The minimum absolute atomic E-state index is 0.0894. The van der Waals surface area contributed by atoms with Gasteiger partial charge in [-0.15, -0.1) is 0 Å². The number of nitrogens with zero attached hydrogens (tertiary/aromatic N) is 3. The molecule has 1 saturated heterocycles. The Morgan fingerprint density at radius 1 is 1.21 bits per heavy atom. The summed E-state index contributed by atoms with van der Waals surface area (Å²) in [6.07, 6.45) is 5.88. The highest BCUT2D eigenvalue weighted by atomic mass is 19.1. The van der Waals surface area contributed by atoms with Crippen molar-refractivity contribution in [3.63, 3.8) is 0 Å². The Bertz CT molecular complexity index is 852. The standard InChI is InChI=1S/C22H31FN4O2/c1-15-13-19-21(14-20(15)23)29-25-22(19)27-11-9-26(10-12-27)8-7-17-3-5-18(6-4-17)24-16(2)28/h13-14,17-18H,3-12H2,1-2H3,(H,24,28). The molecule has 0 spiro atoms. The zero-order valence-corrected chi connectivity index (χ0v) is 17.4. The number of rotatable bonds is 5. The van der Waals surface area contributed by atoms with Gasteiger partial charge in [0, 0.05) is 45.2 Å². The van der Waals surface area contributed by atoms with Crippen molar-refractivity contribution in [2.24, 2.45) is 5.92 Å². The van der Waals surface area contributed by atoms with Crippen LogP contribution in [0.5, 0.6) is 0 Å². The Morgan fingerprint density at radius 2 is 1.93 bits per heavy atom. The molecule has 0 radical (unpaired) electrons. The van der Waals surface area contributed by atoms with E-state index in [9.17, 15) is 9.18 Å². The van der Waals surface area contributed by atoms with Crippen molar-refractivity contribution in [3.8, 4) is 0 Å². The summed E-state index contributed by atoms with van der Waals surface area (Å²) in [4.78, 5) is 16.0. The van der Waals surface area contributed by atoms with Crippen LogP contribution in [0.2, 0.25) is 0 Å². The maximum atomic E-state index is 13.7. The zero-order valence-electron chi connectivity index (χ0n) is 17.4. The predicted molar refractivity (Wildman–Crippen MR) is 112 cm³/mol. The molecular weight excluding hydrogens is 371 g/mol. The van der Waals surface area contributed by atoms with Gasteiger partial charge in [-0.25, -0.2) is 4.39 Å². The van der Waals surface area contributed by atoms with Crippen LogP contribution in [0.1, 0.15) is 44.6 Å². The molecule has 1 aromatic heterocycles. The third-order valence-electron chi connectivity index (χ3n) is 6.51. The van der Waals surface area contributed by atoms with Crippen LogP contribution in [-0.4, -0.2) is 54.7 Å². The Morgan fingerprint density at radius 3 is 2.62 bits per heavy atom. The minimum Gasteiger partial charge on any atom is -0.354 e. The first-order valence-electron chi connectivity index (χ1n) is 10.8. The van der Waals surface area contributed by atoms with E-state index in [0.717, 1.165) is 62.7 Å². The molecule has 1 saturated carbocycles. The van der Waals surface area contributed by atoms with Crippen molar-refractivity contribution < 1.29 is 13.7 Å². The first-order chi connectivity index (χ1) is 14.0. The first kappa shape index (κ1) is 20.1. The minimum atomic E-state index is -0.254. The van der Waals surface area contributed by atoms with Crippen LogP contribution in [-0.2, 0) is 4.79 Å². The normalized spacial score (nSPS) is 23.5. The number of anilines is 1. The van der Waals surface area contributed by atoms with E-state index in [0.29, 0.717) is 17.2 Å². The van der Waals surface area contributed by atoms with Gasteiger partial charge in [-0.3, -0.25) is 9.69 Å². The van der Waals surface area contributed by atoms with Gasteiger partial charge >= 0.3 is 0 Å². The molecule has 0 bridgehead atoms. The second-order valence-electron chi connectivity index (χ2n) is 8.64. The van der Waals surface area contributed by atoms with Gasteiger partial charge < -0.3 is 14.7 Å². The van der Waals surface area contributed by atoms with Gasteiger partial charge in [0.25, 0.3) is 0 Å². The van der Waals surface area contributed by atoms with Crippen molar-refractivity contribution in [2.45, 2.75) is 52.0 Å². The van der Waals surface area contributed by atoms with Crippen molar-refractivity contribution in [1.29, 1.82) is 0 Å². The summed E-state index contributed by atoms with van der Waals surface area (Å²) >= 11 is 0. The van der Waals surface area contributed by atoms with Gasteiger partial charge in [0.05, 0.1) is 5.39 Å². The van der Waals surface area contributed by atoms with E-state index >= 15 is 0 Å². The zero-order chi connectivity index (χ0) is 20.4. The van der Waals surface area contributed by atoms with E-state index in [1.165, 1.54) is 25.3 Å². The van der Waals surface area contributed by atoms with Crippen LogP contribution >= 0.6 is 0 Å². The quantitative estimate of drug-likeness (QED) is 0.830. The van der Waals surface area contributed by atoms with Crippen LogP contribution in [0.4, 0.5) is 10.2 Å². The Kier molecular flexibility index (Phi) is 6.04. The van der Waals surface area contributed by atoms with Crippen LogP contribution in [0.3, 0.4) is 0 Å². The number of nitrogens with one attached hydrogen (secondary N) is 1. The number of halogens is 1. The highest BCUT2D eigenvalue weighted by molar-refractivity contribution is 5.89. The summed E-state index contributed by atoms with van der Waals surface area (Å²) in [7, 11) is 0. The fourth-order valence-electron chi connectivity index (χ4n) is 4.71. The van der Waals surface area contributed by atoms with Crippen molar-refractivity contribution in [1.82, 2.24) is 15.4 Å². The molecule has 1 aromatic carbocycles. The van der Waals surface area contributed by atoms with Crippen LogP contribution in [0.25, 0.3) is 11.0 Å². The Balaban J connectivity index is 1.24. The van der Waals surface area contributed by atoms with E-state index in [-0.39, 0.29) is 11.7 Å². The summed E-state index contributed by atoms with van der Waals surface area (Å²) in [5.74, 6) is 1.44. The SMILES string of the molecule is CC(=O)NC1CCC(CCN2CCN(c3noc4cc(F)c(C)cc34)CC2)CC1. The van der Waals surface area contributed by atoms with Gasteiger partial charge in [0.15, 0.2) is 11.4 Å². The topological polar surface area (TPSA) is 61.6 Å². The second kappa shape index (κ2) is 8.69. The van der Waals surface area contributed by atoms with Crippen LogP contribution in [0.15, 0.2) is 16.7 Å². The molecule has 158 valence electrons. The van der Waals surface area contributed by atoms with Crippen molar-refractivity contribution in [3.05, 3.63) is 23.5 Å². The lowest BCUT2D eigenvalue weighted by molar-refractivity contribution is -0.119. The largest absolute Gasteiger partial charge is 0.354 e. The molecule has 1 aliphatic heterocycles. The average Bonchev–Trinajstić information content (AvgIpc) is 3.10. The summed E-state index contributed by atoms with van der Waals surface area (Å²) in [6.45, 7) is 8.35. The maximum absolute atomic E-state index is 13.7. The summed E-state index contributed by atoms with van der Waals surface area (Å²) in [5, 5.41) is 8.16. The number of amides is 1. The Labute approximate surface area is 171 Å². The fraction of sp³-hybridized carbons (Fsp3) is 0.636. The van der Waals surface area contributed by atoms with Gasteiger partial charge in [0.1, 0.15) is 5.82 Å². The number of carbonyl (C=O) groups excluding carboxylic acids is 1. The van der Waals surface area contributed by atoms with E-state index in [1.807, 2.05) is 6.07 Å². The van der Waals surface area contributed by atoms with Gasteiger partial charge in [-0.1, -0.05) is 5.16 Å². The number of fused-ring (bicyclic) bond motifs is 1. The molecule has 2 aromatic rings. The fourth-order valence-corrected chi connectivity index (χ4v) is 4.71. The van der Waals surface area contributed by atoms with Crippen molar-refractivity contribution in [2.75, 3.05) is 37.6 Å². The number of carbonyl (C=O) groups is 1. The number of aryl methyl sites for hydroxylation is 1. The molecule has 2 aliphatic rings. The highest BCUT2D eigenvalue weighted by Crippen LogP contribution is 2.30. The monoisotopic (exact) mass is 402 g/mol. The van der Waals surface area contributed by atoms with E-state index in [4.69, 9.17) is 4.52 Å². The molecule has 0 atom stereocenters. The smallest absolute Gasteiger partial charge is 0.217 e. The number of hydrogen-bond acceptors (Lipinski definition) is 5. The van der Waals surface area contributed by atoms with E-state index < -0.39 is 0 Å². The van der Waals surface area contributed by atoms with E-state index in [1.54, 1.807) is 13.8 Å². The van der Waals surface area contributed by atoms with E-state index in [2.05, 4.69) is 20.3 Å². The summed E-state index contributed by atoms with van der Waals surface area (Å²) in [5.41, 5.74) is 1.13. The van der Waals surface area contributed by atoms with Crippen LogP contribution < -0.4 is 10.2 Å². The number of benzene rings is 1. The van der Waals surface area contributed by atoms with Gasteiger partial charge in [0.2, 0.25) is 5.91 Å². The molecule has 2 fully saturated rings. The molecule has 4 rings (SSSR count). The van der Waals surface area contributed by atoms with Crippen molar-refractivity contribution >= 4 is 22.7 Å². The molecule has 1 amide bonds. The third kappa shape index (κ3) is 4.71. The number of hydrogen-bond donors (Lipinski definition) is 1. The molecule has 2 heterocycles. The summed E-state index contributed by atoms with van der Waals surface area (Å²) < 4.78 is 19.1. The highest BCUT2D eigenvalue weighted by Gasteiger charge is 2.25. The molecule has 29 heavy (non-hydrogen) atoms. The molecule has 1 N–H and O–H groups in total. The second-order valence-corrected chi connectivity index (χ2v) is 8.64. The molecule has 7 heteroatoms. The van der Waals surface area contributed by atoms with Crippen LogP contribution in [0, 0.1) is 18.7 Å². The molecule has 1 aliphatic carbocycles. The Hall–Kier alpha value is -2.15. The lowest BCUT2D eigenvalue weighted by Crippen LogP contribution is -2.47. The summed E-state index contributed by atoms with van der Waals surface area (Å²) in [6, 6.07) is 3.64. The third-order valence-corrected chi connectivity index (χ3v) is 6.51.